The Hall–Kier alpha value is -2.23. The molecule has 4 rings (SSSR count). The average molecular weight is 405 g/mol. The molecule has 0 spiro atoms. The standard InChI is InChI=1S/C19H24FN5O2S/c1-12(2)27-16-9-13(20)3-4-14(16)15-10-22-17-25(15)23-18(28-17)24-7-5-19(26,11-21)6-8-24/h3-4,9-10,12,26H,5-8,11,21H2,1-2H3. The summed E-state index contributed by atoms with van der Waals surface area (Å²) in [6.45, 7) is 5.46. The molecule has 1 fully saturated rings. The molecule has 0 atom stereocenters. The van der Waals surface area contributed by atoms with Crippen LogP contribution in [0.1, 0.15) is 26.7 Å². The molecule has 3 N–H and O–H groups in total. The summed E-state index contributed by atoms with van der Waals surface area (Å²) in [5, 5.41) is 15.9. The lowest BCUT2D eigenvalue weighted by Crippen LogP contribution is -2.48. The van der Waals surface area contributed by atoms with Gasteiger partial charge in [0.05, 0.1) is 23.6 Å². The largest absolute Gasteiger partial charge is 0.490 e. The SMILES string of the molecule is CC(C)Oc1cc(F)ccc1-c1cnc2sc(N3CCC(O)(CN)CC3)nn12. The Morgan fingerprint density at radius 3 is 2.79 bits per heavy atom. The van der Waals surface area contributed by atoms with Crippen LogP contribution in [0, 0.1) is 5.82 Å². The lowest BCUT2D eigenvalue weighted by molar-refractivity contribution is 0.0249. The van der Waals surface area contributed by atoms with Gasteiger partial charge in [-0.05, 0) is 38.8 Å². The fraction of sp³-hybridized carbons (Fsp3) is 0.474. The van der Waals surface area contributed by atoms with Crippen molar-refractivity contribution in [1.29, 1.82) is 0 Å². The molecule has 0 radical (unpaired) electrons. The van der Waals surface area contributed by atoms with E-state index in [9.17, 15) is 9.50 Å². The number of imidazole rings is 1. The van der Waals surface area contributed by atoms with Gasteiger partial charge < -0.3 is 20.5 Å². The van der Waals surface area contributed by atoms with Crippen molar-refractivity contribution < 1.29 is 14.2 Å². The van der Waals surface area contributed by atoms with Crippen LogP contribution in [0.5, 0.6) is 5.75 Å². The van der Waals surface area contributed by atoms with Crippen LogP contribution >= 0.6 is 11.3 Å². The second-order valence-electron chi connectivity index (χ2n) is 7.45. The topological polar surface area (TPSA) is 88.9 Å². The van der Waals surface area contributed by atoms with Crippen molar-refractivity contribution in [2.24, 2.45) is 5.73 Å². The van der Waals surface area contributed by atoms with Crippen LogP contribution in [0.15, 0.2) is 24.4 Å². The van der Waals surface area contributed by atoms with E-state index in [0.717, 1.165) is 21.3 Å². The average Bonchev–Trinajstić information content (AvgIpc) is 3.23. The summed E-state index contributed by atoms with van der Waals surface area (Å²) in [4.78, 5) is 7.37. The highest BCUT2D eigenvalue weighted by molar-refractivity contribution is 7.20. The number of hydrogen-bond acceptors (Lipinski definition) is 7. The van der Waals surface area contributed by atoms with Crippen LogP contribution in [0.3, 0.4) is 0 Å². The first kappa shape index (κ1) is 19.1. The van der Waals surface area contributed by atoms with Gasteiger partial charge in [0.15, 0.2) is 0 Å². The maximum absolute atomic E-state index is 13.7. The van der Waals surface area contributed by atoms with Gasteiger partial charge in [-0.1, -0.05) is 11.3 Å². The molecule has 3 aromatic rings. The minimum absolute atomic E-state index is 0.0791. The quantitative estimate of drug-likeness (QED) is 0.678. The summed E-state index contributed by atoms with van der Waals surface area (Å²) in [6.07, 6.45) is 2.88. The van der Waals surface area contributed by atoms with Crippen molar-refractivity contribution in [3.63, 3.8) is 0 Å². The van der Waals surface area contributed by atoms with Gasteiger partial charge in [-0.15, -0.1) is 5.10 Å². The lowest BCUT2D eigenvalue weighted by Gasteiger charge is -2.37. The van der Waals surface area contributed by atoms with Crippen molar-refractivity contribution >= 4 is 21.4 Å². The molecule has 150 valence electrons. The number of ether oxygens (including phenoxy) is 1. The highest BCUT2D eigenvalue weighted by Crippen LogP contribution is 2.35. The van der Waals surface area contributed by atoms with E-state index in [1.54, 1.807) is 16.8 Å². The maximum Gasteiger partial charge on any atom is 0.214 e. The minimum Gasteiger partial charge on any atom is -0.490 e. The first-order valence-electron chi connectivity index (χ1n) is 9.37. The molecule has 0 unspecified atom stereocenters. The number of nitrogens with zero attached hydrogens (tertiary/aromatic N) is 4. The fourth-order valence-electron chi connectivity index (χ4n) is 3.37. The molecule has 0 saturated carbocycles. The third kappa shape index (κ3) is 3.57. The van der Waals surface area contributed by atoms with E-state index in [0.29, 0.717) is 31.7 Å². The van der Waals surface area contributed by atoms with Crippen molar-refractivity contribution in [1.82, 2.24) is 14.6 Å². The number of hydrogen-bond donors (Lipinski definition) is 2. The van der Waals surface area contributed by atoms with E-state index in [2.05, 4.69) is 9.88 Å². The molecule has 1 saturated heterocycles. The van der Waals surface area contributed by atoms with Crippen LogP contribution in [-0.4, -0.2) is 51.0 Å². The number of piperidine rings is 1. The summed E-state index contributed by atoms with van der Waals surface area (Å²) < 4.78 is 21.3. The zero-order chi connectivity index (χ0) is 19.9. The molecule has 1 aliphatic heterocycles. The number of nitrogens with two attached hydrogens (primary N) is 1. The van der Waals surface area contributed by atoms with Gasteiger partial charge >= 0.3 is 0 Å². The second-order valence-corrected chi connectivity index (χ2v) is 8.38. The highest BCUT2D eigenvalue weighted by atomic mass is 32.1. The molecule has 0 amide bonds. The third-order valence-electron chi connectivity index (χ3n) is 5.00. The molecular weight excluding hydrogens is 381 g/mol. The van der Waals surface area contributed by atoms with E-state index >= 15 is 0 Å². The van der Waals surface area contributed by atoms with E-state index in [-0.39, 0.29) is 18.5 Å². The Balaban J connectivity index is 1.66. The van der Waals surface area contributed by atoms with Gasteiger partial charge in [-0.3, -0.25) is 0 Å². The number of aromatic nitrogens is 3. The molecule has 3 heterocycles. The predicted molar refractivity (Wildman–Crippen MR) is 107 cm³/mol. The maximum atomic E-state index is 13.7. The van der Waals surface area contributed by atoms with Gasteiger partial charge in [-0.25, -0.2) is 13.9 Å². The lowest BCUT2D eigenvalue weighted by atomic mass is 9.92. The van der Waals surface area contributed by atoms with E-state index in [1.807, 2.05) is 13.8 Å². The minimum atomic E-state index is -0.781. The Morgan fingerprint density at radius 2 is 2.11 bits per heavy atom. The summed E-state index contributed by atoms with van der Waals surface area (Å²) in [7, 11) is 0. The molecule has 9 heteroatoms. The first-order chi connectivity index (χ1) is 13.4. The number of halogens is 1. The summed E-state index contributed by atoms with van der Waals surface area (Å²) in [5.41, 5.74) is 6.39. The molecule has 1 aliphatic rings. The number of anilines is 1. The van der Waals surface area contributed by atoms with E-state index in [1.165, 1.54) is 23.5 Å². The van der Waals surface area contributed by atoms with Gasteiger partial charge in [0.1, 0.15) is 11.6 Å². The van der Waals surface area contributed by atoms with Crippen LogP contribution < -0.4 is 15.4 Å². The molecule has 28 heavy (non-hydrogen) atoms. The predicted octanol–water partition coefficient (Wildman–Crippen LogP) is 2.67. The summed E-state index contributed by atoms with van der Waals surface area (Å²) >= 11 is 1.49. The van der Waals surface area contributed by atoms with E-state index in [4.69, 9.17) is 15.6 Å². The fourth-order valence-corrected chi connectivity index (χ4v) is 4.30. The number of fused-ring (bicyclic) bond motifs is 1. The number of benzene rings is 1. The Labute approximate surface area is 166 Å². The van der Waals surface area contributed by atoms with Crippen molar-refractivity contribution in [2.45, 2.75) is 38.4 Å². The van der Waals surface area contributed by atoms with Crippen molar-refractivity contribution in [2.75, 3.05) is 24.5 Å². The van der Waals surface area contributed by atoms with Crippen LogP contribution in [0.2, 0.25) is 0 Å². The molecule has 1 aromatic carbocycles. The second kappa shape index (κ2) is 7.31. The number of aliphatic hydroxyl groups is 1. The first-order valence-corrected chi connectivity index (χ1v) is 10.2. The molecule has 0 bridgehead atoms. The van der Waals surface area contributed by atoms with Gasteiger partial charge in [0.2, 0.25) is 10.1 Å². The summed E-state index contributed by atoms with van der Waals surface area (Å²) in [5.74, 6) is 0.122. The summed E-state index contributed by atoms with van der Waals surface area (Å²) in [6, 6.07) is 4.49. The van der Waals surface area contributed by atoms with Gasteiger partial charge in [-0.2, -0.15) is 0 Å². The van der Waals surface area contributed by atoms with Gasteiger partial charge in [0.25, 0.3) is 0 Å². The van der Waals surface area contributed by atoms with Crippen LogP contribution in [-0.2, 0) is 0 Å². The normalized spacial score (nSPS) is 16.9. The highest BCUT2D eigenvalue weighted by Gasteiger charge is 2.32. The van der Waals surface area contributed by atoms with E-state index < -0.39 is 5.60 Å². The Morgan fingerprint density at radius 1 is 1.36 bits per heavy atom. The van der Waals surface area contributed by atoms with Crippen LogP contribution in [0.4, 0.5) is 9.52 Å². The molecule has 0 aliphatic carbocycles. The van der Waals surface area contributed by atoms with Crippen LogP contribution in [0.25, 0.3) is 16.2 Å². The third-order valence-corrected chi connectivity index (χ3v) is 5.99. The Bertz CT molecular complexity index is 978. The number of rotatable bonds is 5. The molecule has 7 nitrogen and oxygen atoms in total. The molecule has 2 aromatic heterocycles. The van der Waals surface area contributed by atoms with Gasteiger partial charge in [0, 0.05) is 31.3 Å². The smallest absolute Gasteiger partial charge is 0.214 e. The molecular formula is C19H24FN5O2S. The zero-order valence-electron chi connectivity index (χ0n) is 15.9. The monoisotopic (exact) mass is 405 g/mol. The van der Waals surface area contributed by atoms with Crippen molar-refractivity contribution in [3.8, 4) is 17.0 Å². The zero-order valence-corrected chi connectivity index (χ0v) is 16.7. The Kier molecular flexibility index (Phi) is 4.98. The van der Waals surface area contributed by atoms with Crippen molar-refractivity contribution in [3.05, 3.63) is 30.2 Å².